The Morgan fingerprint density at radius 1 is 1.43 bits per heavy atom. The molecule has 0 aromatic heterocycles. The van der Waals surface area contributed by atoms with E-state index in [1.54, 1.807) is 14.0 Å². The van der Waals surface area contributed by atoms with Gasteiger partial charge in [0.25, 0.3) is 5.91 Å². The molecule has 4 heteroatoms. The summed E-state index contributed by atoms with van der Waals surface area (Å²) in [5.41, 5.74) is 6.49. The van der Waals surface area contributed by atoms with Gasteiger partial charge in [-0.25, -0.2) is 0 Å². The average Bonchev–Trinajstić information content (AvgIpc) is 2.52. The molecule has 0 aliphatic rings. The van der Waals surface area contributed by atoms with E-state index in [9.17, 15) is 4.79 Å². The van der Waals surface area contributed by atoms with Gasteiger partial charge in [0.1, 0.15) is 5.60 Å². The lowest BCUT2D eigenvalue weighted by molar-refractivity contribution is -0.142. The summed E-state index contributed by atoms with van der Waals surface area (Å²) in [6.07, 6.45) is 0.621. The van der Waals surface area contributed by atoms with Crippen molar-refractivity contribution in [2.45, 2.75) is 38.8 Å². The number of benzene rings is 1. The average molecular weight is 288 g/mol. The molecule has 3 N–H and O–H groups in total. The van der Waals surface area contributed by atoms with Crippen molar-refractivity contribution in [2.24, 2.45) is 5.73 Å². The molecule has 0 saturated heterocycles. The Balaban J connectivity index is 2.76. The highest BCUT2D eigenvalue weighted by Crippen LogP contribution is 2.18. The monoisotopic (exact) mass is 288 g/mol. The van der Waals surface area contributed by atoms with Crippen LogP contribution in [-0.4, -0.2) is 25.2 Å². The van der Waals surface area contributed by atoms with Crippen LogP contribution in [0.25, 0.3) is 0 Å². The molecule has 0 bridgehead atoms. The molecule has 0 saturated carbocycles. The van der Waals surface area contributed by atoms with Crippen molar-refractivity contribution in [2.75, 3.05) is 13.7 Å². The van der Waals surface area contributed by atoms with E-state index < -0.39 is 5.60 Å². The molecule has 1 amide bonds. The van der Waals surface area contributed by atoms with Gasteiger partial charge in [0, 0.05) is 12.7 Å². The Labute approximate surface area is 127 Å². The molecule has 0 spiro atoms. The fourth-order valence-electron chi connectivity index (χ4n) is 1.84. The first-order valence-electron chi connectivity index (χ1n) is 7.12. The summed E-state index contributed by atoms with van der Waals surface area (Å²) < 4.78 is 5.31. The maximum absolute atomic E-state index is 12.2. The van der Waals surface area contributed by atoms with Crippen LogP contribution in [0.3, 0.4) is 0 Å². The van der Waals surface area contributed by atoms with Gasteiger partial charge >= 0.3 is 0 Å². The van der Waals surface area contributed by atoms with Crippen molar-refractivity contribution in [3.63, 3.8) is 0 Å². The normalized spacial score (nSPS) is 14.5. The molecule has 2 unspecified atom stereocenters. The minimum atomic E-state index is -0.791. The van der Waals surface area contributed by atoms with Crippen LogP contribution in [0.2, 0.25) is 0 Å². The lowest BCUT2D eigenvalue weighted by Gasteiger charge is -2.27. The predicted octanol–water partition coefficient (Wildman–Crippen LogP) is 1.99. The molecule has 0 fully saturated rings. The van der Waals surface area contributed by atoms with Crippen LogP contribution >= 0.6 is 0 Å². The second-order valence-electron chi connectivity index (χ2n) is 5.11. The van der Waals surface area contributed by atoms with Gasteiger partial charge in [0.05, 0.1) is 12.6 Å². The standard InChI is InChI=1S/C17H24N2O2/c1-5-17(3,21-4)16(20)19-13(2)15-10-8-14(9-11-15)7-6-12-18/h8-11,13H,5,12,18H2,1-4H3,(H,19,20). The van der Waals surface area contributed by atoms with Gasteiger partial charge < -0.3 is 15.8 Å². The van der Waals surface area contributed by atoms with Gasteiger partial charge in [0.15, 0.2) is 0 Å². The van der Waals surface area contributed by atoms with Crippen molar-refractivity contribution >= 4 is 5.91 Å². The number of rotatable bonds is 5. The second-order valence-corrected chi connectivity index (χ2v) is 5.11. The smallest absolute Gasteiger partial charge is 0.252 e. The van der Waals surface area contributed by atoms with Gasteiger partial charge in [-0.3, -0.25) is 4.79 Å². The van der Waals surface area contributed by atoms with Crippen LogP contribution in [0.5, 0.6) is 0 Å². The predicted molar refractivity (Wildman–Crippen MR) is 84.6 cm³/mol. The van der Waals surface area contributed by atoms with E-state index in [1.165, 1.54) is 0 Å². The first-order chi connectivity index (χ1) is 9.96. The van der Waals surface area contributed by atoms with Gasteiger partial charge in [-0.2, -0.15) is 0 Å². The Morgan fingerprint density at radius 2 is 2.05 bits per heavy atom. The summed E-state index contributed by atoms with van der Waals surface area (Å²) in [6, 6.07) is 7.69. The summed E-state index contributed by atoms with van der Waals surface area (Å²) in [5, 5.41) is 2.98. The lowest BCUT2D eigenvalue weighted by Crippen LogP contribution is -2.46. The van der Waals surface area contributed by atoms with Crippen LogP contribution in [0, 0.1) is 11.8 Å². The summed E-state index contributed by atoms with van der Waals surface area (Å²) in [5.74, 6) is 5.68. The Bertz CT molecular complexity index is 522. The Morgan fingerprint density at radius 3 is 2.52 bits per heavy atom. The van der Waals surface area contributed by atoms with E-state index >= 15 is 0 Å². The number of methoxy groups -OCH3 is 1. The number of nitrogens with one attached hydrogen (secondary N) is 1. The molecule has 21 heavy (non-hydrogen) atoms. The number of nitrogens with two attached hydrogens (primary N) is 1. The zero-order valence-electron chi connectivity index (χ0n) is 13.2. The van der Waals surface area contributed by atoms with Gasteiger partial charge in [-0.1, -0.05) is 30.9 Å². The zero-order chi connectivity index (χ0) is 15.9. The Kier molecular flexibility index (Phi) is 6.41. The highest BCUT2D eigenvalue weighted by atomic mass is 16.5. The maximum Gasteiger partial charge on any atom is 0.252 e. The summed E-state index contributed by atoms with van der Waals surface area (Å²) >= 11 is 0. The van der Waals surface area contributed by atoms with Crippen molar-refractivity contribution in [3.8, 4) is 11.8 Å². The van der Waals surface area contributed by atoms with E-state index in [-0.39, 0.29) is 11.9 Å². The van der Waals surface area contributed by atoms with Crippen LogP contribution in [-0.2, 0) is 9.53 Å². The molecular weight excluding hydrogens is 264 g/mol. The summed E-state index contributed by atoms with van der Waals surface area (Å²) in [6.45, 7) is 6.02. The highest BCUT2D eigenvalue weighted by molar-refractivity contribution is 5.85. The topological polar surface area (TPSA) is 64.3 Å². The fraction of sp³-hybridized carbons (Fsp3) is 0.471. The van der Waals surface area contributed by atoms with Crippen LogP contribution < -0.4 is 11.1 Å². The zero-order valence-corrected chi connectivity index (χ0v) is 13.2. The number of ether oxygens (including phenoxy) is 1. The van der Waals surface area contributed by atoms with Crippen molar-refractivity contribution in [1.82, 2.24) is 5.32 Å². The molecule has 1 aromatic rings. The number of carbonyl (C=O) groups excluding carboxylic acids is 1. The minimum Gasteiger partial charge on any atom is -0.369 e. The van der Waals surface area contributed by atoms with Gasteiger partial charge in [-0.15, -0.1) is 0 Å². The third kappa shape index (κ3) is 4.59. The van der Waals surface area contributed by atoms with Gasteiger partial charge in [0.2, 0.25) is 0 Å². The summed E-state index contributed by atoms with van der Waals surface area (Å²) in [4.78, 5) is 12.2. The third-order valence-corrected chi connectivity index (χ3v) is 3.70. The maximum atomic E-state index is 12.2. The Hall–Kier alpha value is -1.83. The van der Waals surface area contributed by atoms with Crippen molar-refractivity contribution in [3.05, 3.63) is 35.4 Å². The number of carbonyl (C=O) groups is 1. The van der Waals surface area contributed by atoms with Crippen molar-refractivity contribution in [1.29, 1.82) is 0 Å². The van der Waals surface area contributed by atoms with Crippen LogP contribution in [0.1, 0.15) is 44.4 Å². The van der Waals surface area contributed by atoms with Crippen LogP contribution in [0.4, 0.5) is 0 Å². The molecular formula is C17H24N2O2. The van der Waals surface area contributed by atoms with E-state index in [2.05, 4.69) is 17.2 Å². The highest BCUT2D eigenvalue weighted by Gasteiger charge is 2.31. The number of hydrogen-bond acceptors (Lipinski definition) is 3. The lowest BCUT2D eigenvalue weighted by atomic mass is 10.0. The fourth-order valence-corrected chi connectivity index (χ4v) is 1.84. The SMILES string of the molecule is CCC(C)(OC)C(=O)NC(C)c1ccc(C#CCN)cc1. The van der Waals surface area contributed by atoms with Gasteiger partial charge in [-0.05, 0) is 38.0 Å². The third-order valence-electron chi connectivity index (χ3n) is 3.70. The molecule has 0 radical (unpaired) electrons. The van der Waals surface area contributed by atoms with Crippen molar-refractivity contribution < 1.29 is 9.53 Å². The molecule has 1 rings (SSSR count). The largest absolute Gasteiger partial charge is 0.369 e. The molecule has 0 aliphatic heterocycles. The summed E-state index contributed by atoms with van der Waals surface area (Å²) in [7, 11) is 1.55. The molecule has 114 valence electrons. The molecule has 2 atom stereocenters. The molecule has 4 nitrogen and oxygen atoms in total. The first-order valence-corrected chi connectivity index (χ1v) is 7.12. The quantitative estimate of drug-likeness (QED) is 0.814. The second kappa shape index (κ2) is 7.82. The van der Waals surface area contributed by atoms with E-state index in [1.807, 2.05) is 38.1 Å². The van der Waals surface area contributed by atoms with E-state index in [0.29, 0.717) is 13.0 Å². The van der Waals surface area contributed by atoms with Crippen LogP contribution in [0.15, 0.2) is 24.3 Å². The number of amides is 1. The minimum absolute atomic E-state index is 0.0879. The molecule has 0 heterocycles. The number of hydrogen-bond donors (Lipinski definition) is 2. The molecule has 0 aliphatic carbocycles. The van der Waals surface area contributed by atoms with E-state index in [4.69, 9.17) is 10.5 Å². The van der Waals surface area contributed by atoms with E-state index in [0.717, 1.165) is 11.1 Å². The first kappa shape index (κ1) is 17.2. The molecule has 1 aromatic carbocycles.